The molecular weight excluding hydrogens is 242 g/mol. The number of H-pyrrole nitrogens is 1. The Balaban J connectivity index is 2.05. The van der Waals surface area contributed by atoms with Gasteiger partial charge in [-0.1, -0.05) is 37.8 Å². The van der Waals surface area contributed by atoms with Crippen molar-refractivity contribution in [2.45, 2.75) is 25.7 Å². The van der Waals surface area contributed by atoms with E-state index >= 15 is 0 Å². The number of hydrogen-bond donors (Lipinski definition) is 1. The Morgan fingerprint density at radius 1 is 1.28 bits per heavy atom. The highest BCUT2D eigenvalue weighted by Crippen LogP contribution is 2.18. The third kappa shape index (κ3) is 3.01. The largest absolute Gasteiger partial charge is 0.462 e. The van der Waals surface area contributed by atoms with Crippen molar-refractivity contribution in [3.05, 3.63) is 36.0 Å². The highest BCUT2D eigenvalue weighted by atomic mass is 28.3. The van der Waals surface area contributed by atoms with E-state index in [1.54, 1.807) is 6.20 Å². The summed E-state index contributed by atoms with van der Waals surface area (Å²) in [4.78, 5) is 15.1. The maximum Gasteiger partial charge on any atom is 0.340 e. The fraction of sp³-hybridized carbons (Fsp3) is 0.357. The van der Waals surface area contributed by atoms with E-state index in [2.05, 4.69) is 24.6 Å². The molecule has 0 spiro atoms. The van der Waals surface area contributed by atoms with Gasteiger partial charge < -0.3 is 9.72 Å². The van der Waals surface area contributed by atoms with Crippen molar-refractivity contribution in [2.75, 3.05) is 6.61 Å². The molecule has 0 amide bonds. The van der Waals surface area contributed by atoms with Gasteiger partial charge in [0.1, 0.15) is 0 Å². The van der Waals surface area contributed by atoms with Gasteiger partial charge in [-0.3, -0.25) is 0 Å². The van der Waals surface area contributed by atoms with E-state index in [9.17, 15) is 4.79 Å². The molecule has 1 heterocycles. The second-order valence-corrected chi connectivity index (χ2v) is 11.3. The predicted octanol–water partition coefficient (Wildman–Crippen LogP) is 3.66. The molecule has 0 unspecified atom stereocenters. The molecule has 0 saturated carbocycles. The zero-order valence-corrected chi connectivity index (χ0v) is 12.1. The quantitative estimate of drug-likeness (QED) is 0.674. The van der Waals surface area contributed by atoms with E-state index in [4.69, 9.17) is 4.74 Å². The predicted molar refractivity (Wildman–Crippen MR) is 76.7 cm³/mol. The molecular formula is C14H19NO2Si. The number of benzene rings is 1. The van der Waals surface area contributed by atoms with Gasteiger partial charge >= 0.3 is 5.97 Å². The van der Waals surface area contributed by atoms with Crippen LogP contribution in [0.2, 0.25) is 25.7 Å². The van der Waals surface area contributed by atoms with Crippen molar-refractivity contribution in [1.29, 1.82) is 0 Å². The van der Waals surface area contributed by atoms with E-state index < -0.39 is 8.07 Å². The van der Waals surface area contributed by atoms with Crippen LogP contribution in [0.15, 0.2) is 30.5 Å². The molecule has 2 rings (SSSR count). The SMILES string of the molecule is C[Si](C)(C)CCOC(=O)c1c[nH]c2ccccc12. The molecule has 2 aromatic rings. The van der Waals surface area contributed by atoms with Crippen LogP contribution in [0.3, 0.4) is 0 Å². The molecule has 0 radical (unpaired) electrons. The number of fused-ring (bicyclic) bond motifs is 1. The molecule has 1 aromatic heterocycles. The van der Waals surface area contributed by atoms with Gasteiger partial charge in [0.2, 0.25) is 0 Å². The van der Waals surface area contributed by atoms with Crippen LogP contribution in [0, 0.1) is 0 Å². The van der Waals surface area contributed by atoms with Crippen LogP contribution >= 0.6 is 0 Å². The van der Waals surface area contributed by atoms with Crippen LogP contribution in [0.1, 0.15) is 10.4 Å². The van der Waals surface area contributed by atoms with Crippen LogP contribution in [-0.4, -0.2) is 25.6 Å². The summed E-state index contributed by atoms with van der Waals surface area (Å²) in [5.41, 5.74) is 1.59. The second kappa shape index (κ2) is 4.98. The zero-order valence-electron chi connectivity index (χ0n) is 11.1. The molecule has 1 N–H and O–H groups in total. The fourth-order valence-electron chi connectivity index (χ4n) is 1.77. The molecule has 18 heavy (non-hydrogen) atoms. The number of carbonyl (C=O) groups is 1. The van der Waals surface area contributed by atoms with Crippen LogP contribution in [0.5, 0.6) is 0 Å². The second-order valence-electron chi connectivity index (χ2n) is 5.69. The molecule has 4 heteroatoms. The number of aromatic amines is 1. The molecule has 0 aliphatic heterocycles. The first-order valence-corrected chi connectivity index (χ1v) is 9.91. The zero-order chi connectivity index (χ0) is 13.2. The van der Waals surface area contributed by atoms with Crippen molar-refractivity contribution in [3.63, 3.8) is 0 Å². The molecule has 0 atom stereocenters. The summed E-state index contributed by atoms with van der Waals surface area (Å²) in [7, 11) is -1.15. The van der Waals surface area contributed by atoms with Crippen LogP contribution < -0.4 is 0 Å². The number of nitrogens with one attached hydrogen (secondary N) is 1. The number of carbonyl (C=O) groups excluding carboxylic acids is 1. The molecule has 96 valence electrons. The topological polar surface area (TPSA) is 42.1 Å². The average molecular weight is 261 g/mol. The Bertz CT molecular complexity index is 554. The molecule has 0 bridgehead atoms. The summed E-state index contributed by atoms with van der Waals surface area (Å²) in [6, 6.07) is 8.75. The van der Waals surface area contributed by atoms with E-state index in [-0.39, 0.29) is 5.97 Å². The molecule has 1 aromatic carbocycles. The fourth-order valence-corrected chi connectivity index (χ4v) is 2.48. The highest BCUT2D eigenvalue weighted by molar-refractivity contribution is 6.76. The Labute approximate surface area is 108 Å². The van der Waals surface area contributed by atoms with Gasteiger partial charge in [0.25, 0.3) is 0 Å². The summed E-state index contributed by atoms with van der Waals surface area (Å²) < 4.78 is 5.35. The van der Waals surface area contributed by atoms with E-state index in [1.165, 1.54) is 0 Å². The Hall–Kier alpha value is -1.55. The summed E-state index contributed by atoms with van der Waals surface area (Å²) in [6.07, 6.45) is 1.72. The minimum atomic E-state index is -1.15. The van der Waals surface area contributed by atoms with E-state index in [1.807, 2.05) is 24.3 Å². The van der Waals surface area contributed by atoms with Gasteiger partial charge in [-0.2, -0.15) is 0 Å². The first-order valence-electron chi connectivity index (χ1n) is 6.21. The lowest BCUT2D eigenvalue weighted by Gasteiger charge is -2.15. The number of aromatic nitrogens is 1. The number of hydrogen-bond acceptors (Lipinski definition) is 2. The highest BCUT2D eigenvalue weighted by Gasteiger charge is 2.16. The molecule has 0 aliphatic carbocycles. The van der Waals surface area contributed by atoms with Gasteiger partial charge in [0.05, 0.1) is 12.2 Å². The van der Waals surface area contributed by atoms with Crippen molar-refractivity contribution in [3.8, 4) is 0 Å². The van der Waals surface area contributed by atoms with Gasteiger partial charge in [-0.25, -0.2) is 4.79 Å². The number of esters is 1. The maximum absolute atomic E-state index is 12.0. The van der Waals surface area contributed by atoms with Crippen molar-refractivity contribution in [1.82, 2.24) is 4.98 Å². The van der Waals surface area contributed by atoms with Crippen molar-refractivity contribution in [2.24, 2.45) is 0 Å². The normalized spacial score (nSPS) is 11.7. The summed E-state index contributed by atoms with van der Waals surface area (Å²) in [5.74, 6) is -0.231. The van der Waals surface area contributed by atoms with Crippen molar-refractivity contribution >= 4 is 24.9 Å². The lowest BCUT2D eigenvalue weighted by Crippen LogP contribution is -2.22. The third-order valence-electron chi connectivity index (χ3n) is 2.89. The Kier molecular flexibility index (Phi) is 3.57. The Morgan fingerprint density at radius 2 is 2.00 bits per heavy atom. The van der Waals surface area contributed by atoms with Crippen molar-refractivity contribution < 1.29 is 9.53 Å². The number of para-hydroxylation sites is 1. The lowest BCUT2D eigenvalue weighted by atomic mass is 10.2. The first-order chi connectivity index (χ1) is 8.47. The third-order valence-corrected chi connectivity index (χ3v) is 4.60. The minimum Gasteiger partial charge on any atom is -0.462 e. The van der Waals surface area contributed by atoms with Crippen LogP contribution in [-0.2, 0) is 4.74 Å². The lowest BCUT2D eigenvalue weighted by molar-refractivity contribution is 0.0527. The van der Waals surface area contributed by atoms with Gasteiger partial charge in [0.15, 0.2) is 0 Å². The standard InChI is InChI=1S/C14H19NO2Si/c1-18(2,3)9-8-17-14(16)12-10-15-13-7-5-4-6-11(12)13/h4-7,10,15H,8-9H2,1-3H3. The minimum absolute atomic E-state index is 0.231. The van der Waals surface area contributed by atoms with E-state index in [0.29, 0.717) is 12.2 Å². The van der Waals surface area contributed by atoms with Crippen LogP contribution in [0.25, 0.3) is 10.9 Å². The van der Waals surface area contributed by atoms with Gasteiger partial charge in [-0.15, -0.1) is 0 Å². The molecule has 0 aliphatic rings. The molecule has 3 nitrogen and oxygen atoms in total. The molecule has 0 saturated heterocycles. The summed E-state index contributed by atoms with van der Waals surface area (Å²) in [6.45, 7) is 7.33. The van der Waals surface area contributed by atoms with E-state index in [0.717, 1.165) is 16.9 Å². The summed E-state index contributed by atoms with van der Waals surface area (Å²) in [5, 5.41) is 0.926. The summed E-state index contributed by atoms with van der Waals surface area (Å²) >= 11 is 0. The van der Waals surface area contributed by atoms with Gasteiger partial charge in [0, 0.05) is 25.2 Å². The monoisotopic (exact) mass is 261 g/mol. The average Bonchev–Trinajstić information content (AvgIpc) is 2.70. The van der Waals surface area contributed by atoms with Gasteiger partial charge in [-0.05, 0) is 12.1 Å². The molecule has 0 fully saturated rings. The Morgan fingerprint density at radius 3 is 2.72 bits per heavy atom. The van der Waals surface area contributed by atoms with Crippen LogP contribution in [0.4, 0.5) is 0 Å². The smallest absolute Gasteiger partial charge is 0.340 e. The number of ether oxygens (including phenoxy) is 1. The first kappa shape index (κ1) is 12.9. The number of rotatable bonds is 4. The maximum atomic E-state index is 12.0.